The average molecular weight is 237 g/mol. The molecule has 0 radical (unpaired) electrons. The lowest BCUT2D eigenvalue weighted by Crippen LogP contribution is -2.07. The lowest BCUT2D eigenvalue weighted by molar-refractivity contribution is -0.137. The molecule has 0 aromatic carbocycles. The molecule has 0 atom stereocenters. The number of hydrogen-bond donors (Lipinski definition) is 1. The Morgan fingerprint density at radius 1 is 1.33 bits per heavy atom. The van der Waals surface area contributed by atoms with Crippen molar-refractivity contribution in [3.05, 3.63) is 39.3 Å². The van der Waals surface area contributed by atoms with Gasteiger partial charge in [0, 0.05) is 12.3 Å². The summed E-state index contributed by atoms with van der Waals surface area (Å²) < 4.78 is 38.0. The molecular formula is C8H4ClF3N2O. The first-order valence-corrected chi connectivity index (χ1v) is 4.24. The normalized spacial score (nSPS) is 12.3. The first kappa shape index (κ1) is 10.1. The molecule has 2 aromatic heterocycles. The summed E-state index contributed by atoms with van der Waals surface area (Å²) >= 11 is 5.60. The van der Waals surface area contributed by atoms with E-state index in [1.807, 2.05) is 0 Å². The summed E-state index contributed by atoms with van der Waals surface area (Å²) in [6.07, 6.45) is -3.71. The minimum Gasteiger partial charge on any atom is -0.268 e. The maximum atomic E-state index is 12.3. The van der Waals surface area contributed by atoms with Gasteiger partial charge >= 0.3 is 6.18 Å². The van der Waals surface area contributed by atoms with Gasteiger partial charge in [0.2, 0.25) is 0 Å². The molecule has 0 saturated heterocycles. The molecule has 0 unspecified atom stereocenters. The Morgan fingerprint density at radius 2 is 2.00 bits per heavy atom. The average Bonchev–Trinajstić information content (AvgIpc) is 2.44. The molecule has 15 heavy (non-hydrogen) atoms. The molecular weight excluding hydrogens is 233 g/mol. The third kappa shape index (κ3) is 1.72. The van der Waals surface area contributed by atoms with E-state index in [2.05, 4.69) is 5.10 Å². The number of rotatable bonds is 0. The van der Waals surface area contributed by atoms with Crippen LogP contribution in [0.15, 0.2) is 23.1 Å². The number of hydrogen-bond acceptors (Lipinski definition) is 1. The van der Waals surface area contributed by atoms with Crippen LogP contribution in [-0.2, 0) is 6.18 Å². The van der Waals surface area contributed by atoms with Gasteiger partial charge in [-0.05, 0) is 6.07 Å². The van der Waals surface area contributed by atoms with Gasteiger partial charge in [0.1, 0.15) is 0 Å². The Balaban J connectivity index is 2.78. The van der Waals surface area contributed by atoms with E-state index in [0.29, 0.717) is 0 Å². The Morgan fingerprint density at radius 3 is 2.60 bits per heavy atom. The van der Waals surface area contributed by atoms with Crippen molar-refractivity contribution in [1.29, 1.82) is 0 Å². The van der Waals surface area contributed by atoms with Crippen LogP contribution in [0.5, 0.6) is 0 Å². The molecule has 2 rings (SSSR count). The van der Waals surface area contributed by atoms with Crippen LogP contribution in [0.1, 0.15) is 5.56 Å². The highest BCUT2D eigenvalue weighted by molar-refractivity contribution is 6.33. The third-order valence-electron chi connectivity index (χ3n) is 1.88. The number of nitrogens with one attached hydrogen (secondary N) is 1. The third-order valence-corrected chi connectivity index (χ3v) is 2.18. The van der Waals surface area contributed by atoms with Crippen molar-refractivity contribution in [2.75, 3.05) is 0 Å². The molecule has 0 aliphatic rings. The predicted octanol–water partition coefficient (Wildman–Crippen LogP) is 2.30. The van der Waals surface area contributed by atoms with Gasteiger partial charge < -0.3 is 0 Å². The maximum absolute atomic E-state index is 12.3. The number of pyridine rings is 1. The number of aromatic nitrogens is 2. The maximum Gasteiger partial charge on any atom is 0.417 e. The van der Waals surface area contributed by atoms with Crippen LogP contribution in [0.25, 0.3) is 5.52 Å². The van der Waals surface area contributed by atoms with Crippen molar-refractivity contribution in [3.63, 3.8) is 0 Å². The molecule has 1 N–H and O–H groups in total. The van der Waals surface area contributed by atoms with E-state index in [4.69, 9.17) is 11.6 Å². The first-order valence-electron chi connectivity index (χ1n) is 3.86. The monoisotopic (exact) mass is 236 g/mol. The molecule has 3 nitrogen and oxygen atoms in total. The fourth-order valence-corrected chi connectivity index (χ4v) is 1.50. The van der Waals surface area contributed by atoms with Crippen LogP contribution >= 0.6 is 11.6 Å². The molecule has 7 heteroatoms. The molecule has 0 spiro atoms. The molecule has 0 fully saturated rings. The molecule has 0 aliphatic carbocycles. The SMILES string of the molecule is O=c1cc2c(Cl)cc(C(F)(F)F)cn2[nH]1. The van der Waals surface area contributed by atoms with Crippen molar-refractivity contribution in [1.82, 2.24) is 9.61 Å². The van der Waals surface area contributed by atoms with Gasteiger partial charge in [-0.3, -0.25) is 14.4 Å². The zero-order valence-corrected chi connectivity index (χ0v) is 7.86. The van der Waals surface area contributed by atoms with Crippen LogP contribution in [0.4, 0.5) is 13.2 Å². The lowest BCUT2D eigenvalue weighted by Gasteiger charge is -2.07. The number of fused-ring (bicyclic) bond motifs is 1. The summed E-state index contributed by atoms with van der Waals surface area (Å²) in [6, 6.07) is 1.91. The van der Waals surface area contributed by atoms with E-state index >= 15 is 0 Å². The topological polar surface area (TPSA) is 37.3 Å². The summed E-state index contributed by atoms with van der Waals surface area (Å²) in [7, 11) is 0. The number of aromatic amines is 1. The van der Waals surface area contributed by atoms with Crippen LogP contribution in [0, 0.1) is 0 Å². The molecule has 80 valence electrons. The fourth-order valence-electron chi connectivity index (χ4n) is 1.23. The second kappa shape index (κ2) is 3.03. The smallest absolute Gasteiger partial charge is 0.268 e. The summed E-state index contributed by atoms with van der Waals surface area (Å²) in [5.74, 6) is 0. The van der Waals surface area contributed by atoms with E-state index in [1.165, 1.54) is 0 Å². The van der Waals surface area contributed by atoms with Gasteiger partial charge in [0.15, 0.2) is 0 Å². The highest BCUT2D eigenvalue weighted by atomic mass is 35.5. The molecule has 2 heterocycles. The largest absolute Gasteiger partial charge is 0.417 e. The lowest BCUT2D eigenvalue weighted by atomic mass is 10.2. The van der Waals surface area contributed by atoms with Crippen molar-refractivity contribution in [2.45, 2.75) is 6.18 Å². The van der Waals surface area contributed by atoms with E-state index in [9.17, 15) is 18.0 Å². The molecule has 0 aliphatic heterocycles. The van der Waals surface area contributed by atoms with Gasteiger partial charge in [-0.1, -0.05) is 11.6 Å². The molecule has 0 saturated carbocycles. The zero-order valence-electron chi connectivity index (χ0n) is 7.10. The predicted molar refractivity (Wildman–Crippen MR) is 48.0 cm³/mol. The van der Waals surface area contributed by atoms with Crippen LogP contribution in [0.3, 0.4) is 0 Å². The highest BCUT2D eigenvalue weighted by Crippen LogP contribution is 2.31. The van der Waals surface area contributed by atoms with Crippen LogP contribution in [0.2, 0.25) is 5.02 Å². The van der Waals surface area contributed by atoms with Gasteiger partial charge in [0.05, 0.1) is 16.1 Å². The number of halogens is 4. The molecule has 0 bridgehead atoms. The van der Waals surface area contributed by atoms with Crippen molar-refractivity contribution in [2.24, 2.45) is 0 Å². The van der Waals surface area contributed by atoms with Crippen molar-refractivity contribution >= 4 is 17.1 Å². The Bertz CT molecular complexity index is 569. The second-order valence-corrected chi connectivity index (χ2v) is 3.36. The molecule has 0 amide bonds. The highest BCUT2D eigenvalue weighted by Gasteiger charge is 2.31. The molecule has 2 aromatic rings. The number of nitrogens with zero attached hydrogens (tertiary/aromatic N) is 1. The van der Waals surface area contributed by atoms with Gasteiger partial charge in [-0.2, -0.15) is 13.2 Å². The second-order valence-electron chi connectivity index (χ2n) is 2.95. The van der Waals surface area contributed by atoms with Gasteiger partial charge in [-0.25, -0.2) is 0 Å². The quantitative estimate of drug-likeness (QED) is 0.749. The Labute approximate surface area is 86.1 Å². The van der Waals surface area contributed by atoms with E-state index < -0.39 is 17.3 Å². The van der Waals surface area contributed by atoms with Crippen LogP contribution in [-0.4, -0.2) is 9.61 Å². The van der Waals surface area contributed by atoms with Gasteiger partial charge in [0.25, 0.3) is 5.56 Å². The summed E-state index contributed by atoms with van der Waals surface area (Å²) in [6.45, 7) is 0. The number of H-pyrrole nitrogens is 1. The van der Waals surface area contributed by atoms with E-state index in [1.54, 1.807) is 0 Å². The van der Waals surface area contributed by atoms with Crippen molar-refractivity contribution < 1.29 is 13.2 Å². The summed E-state index contributed by atoms with van der Waals surface area (Å²) in [5.41, 5.74) is -1.20. The van der Waals surface area contributed by atoms with Gasteiger partial charge in [-0.15, -0.1) is 0 Å². The zero-order chi connectivity index (χ0) is 11.2. The van der Waals surface area contributed by atoms with E-state index in [0.717, 1.165) is 22.8 Å². The first-order chi connectivity index (χ1) is 6.88. The minimum atomic E-state index is -4.49. The summed E-state index contributed by atoms with van der Waals surface area (Å²) in [5, 5.41) is 2.07. The van der Waals surface area contributed by atoms with Crippen molar-refractivity contribution in [3.8, 4) is 0 Å². The van der Waals surface area contributed by atoms with Crippen LogP contribution < -0.4 is 5.56 Å². The summed E-state index contributed by atoms with van der Waals surface area (Å²) in [4.78, 5) is 10.9. The fraction of sp³-hybridized carbons (Fsp3) is 0.125. The standard InChI is InChI=1S/C8H4ClF3N2O/c9-5-1-4(8(10,11)12)3-14-6(5)2-7(15)13-14/h1-3H,(H,13,15). The Hall–Kier alpha value is -1.43. The minimum absolute atomic E-state index is 0.122. The van der Waals surface area contributed by atoms with E-state index in [-0.39, 0.29) is 10.5 Å². The number of alkyl halides is 3. The Kier molecular flexibility index (Phi) is 2.04.